The first-order valence-electron chi connectivity index (χ1n) is 5.96. The third-order valence-electron chi connectivity index (χ3n) is 3.02. The van der Waals surface area contributed by atoms with Crippen LogP contribution in [0.5, 0.6) is 0 Å². The van der Waals surface area contributed by atoms with Crippen LogP contribution in [0.25, 0.3) is 11.0 Å². The molecular weight excluding hydrogens is 317 g/mol. The highest BCUT2D eigenvalue weighted by atomic mass is 35.5. The zero-order valence-corrected chi connectivity index (χ0v) is 12.9. The smallest absolute Gasteiger partial charge is 0.178 e. The second kappa shape index (κ2) is 5.20. The maximum absolute atomic E-state index is 6.07. The number of halogens is 2. The number of nitrogens with zero attached hydrogens (tertiary/aromatic N) is 4. The topological polar surface area (TPSA) is 51.4 Å². The molecule has 0 amide bonds. The Morgan fingerprint density at radius 3 is 2.75 bits per heavy atom. The van der Waals surface area contributed by atoms with Crippen LogP contribution < -0.4 is 0 Å². The van der Waals surface area contributed by atoms with Gasteiger partial charge in [0.25, 0.3) is 0 Å². The summed E-state index contributed by atoms with van der Waals surface area (Å²) in [5.41, 5.74) is 1.80. The van der Waals surface area contributed by atoms with E-state index in [1.807, 2.05) is 17.7 Å². The van der Waals surface area contributed by atoms with E-state index < -0.39 is 0 Å². The fourth-order valence-corrected chi connectivity index (χ4v) is 2.71. The van der Waals surface area contributed by atoms with Gasteiger partial charge in [-0.3, -0.25) is 4.68 Å². The SMILES string of the molecule is Cn1cnc(CCn2c(=S)[nH]c3cc(Cl)c(Cl)cc32)n1. The zero-order valence-electron chi connectivity index (χ0n) is 10.6. The number of aryl methyl sites for hydroxylation is 3. The van der Waals surface area contributed by atoms with Crippen molar-refractivity contribution in [2.24, 2.45) is 7.05 Å². The number of imidazole rings is 1. The normalized spacial score (nSPS) is 11.3. The molecule has 0 fully saturated rings. The van der Waals surface area contributed by atoms with E-state index in [0.29, 0.717) is 27.8 Å². The standard InChI is InChI=1S/C12H11Cl2N5S/c1-18-6-15-11(17-18)2-3-19-10-5-8(14)7(13)4-9(10)16-12(19)20/h4-6H,2-3H2,1H3,(H,16,20). The molecule has 3 aromatic rings. The molecule has 5 nitrogen and oxygen atoms in total. The lowest BCUT2D eigenvalue weighted by atomic mass is 10.3. The largest absolute Gasteiger partial charge is 0.331 e. The number of H-pyrrole nitrogens is 1. The van der Waals surface area contributed by atoms with Crippen molar-refractivity contribution in [1.82, 2.24) is 24.3 Å². The van der Waals surface area contributed by atoms with Crippen molar-refractivity contribution < 1.29 is 0 Å². The Morgan fingerprint density at radius 2 is 2.05 bits per heavy atom. The lowest BCUT2D eigenvalue weighted by Crippen LogP contribution is -2.03. The molecule has 2 aromatic heterocycles. The van der Waals surface area contributed by atoms with Gasteiger partial charge in [-0.25, -0.2) is 4.98 Å². The van der Waals surface area contributed by atoms with Crippen LogP contribution in [0, 0.1) is 4.77 Å². The predicted octanol–water partition coefficient (Wildman–Crippen LogP) is 3.38. The van der Waals surface area contributed by atoms with Gasteiger partial charge in [-0.1, -0.05) is 23.2 Å². The molecule has 1 N–H and O–H groups in total. The maximum atomic E-state index is 6.07. The van der Waals surface area contributed by atoms with Gasteiger partial charge >= 0.3 is 0 Å². The summed E-state index contributed by atoms with van der Waals surface area (Å²) in [5.74, 6) is 0.781. The van der Waals surface area contributed by atoms with Crippen LogP contribution in [0.15, 0.2) is 18.5 Å². The Balaban J connectivity index is 1.96. The van der Waals surface area contributed by atoms with Crippen molar-refractivity contribution in [1.29, 1.82) is 0 Å². The van der Waals surface area contributed by atoms with Gasteiger partial charge in [-0.2, -0.15) is 5.10 Å². The molecule has 0 spiro atoms. The number of nitrogens with one attached hydrogen (secondary N) is 1. The van der Waals surface area contributed by atoms with E-state index in [9.17, 15) is 0 Å². The monoisotopic (exact) mass is 327 g/mol. The molecule has 0 saturated carbocycles. The van der Waals surface area contributed by atoms with Crippen LogP contribution in [-0.2, 0) is 20.0 Å². The van der Waals surface area contributed by atoms with Crippen molar-refractivity contribution in [3.63, 3.8) is 0 Å². The van der Waals surface area contributed by atoms with Crippen molar-refractivity contribution in [3.05, 3.63) is 39.1 Å². The quantitative estimate of drug-likeness (QED) is 0.750. The van der Waals surface area contributed by atoms with Gasteiger partial charge in [0.1, 0.15) is 6.33 Å². The lowest BCUT2D eigenvalue weighted by Gasteiger charge is -2.03. The minimum absolute atomic E-state index is 0.508. The number of benzene rings is 1. The number of hydrogen-bond donors (Lipinski definition) is 1. The average molecular weight is 328 g/mol. The van der Waals surface area contributed by atoms with Gasteiger partial charge in [0.2, 0.25) is 0 Å². The molecule has 0 unspecified atom stereocenters. The fourth-order valence-electron chi connectivity index (χ4n) is 2.08. The molecule has 0 bridgehead atoms. The van der Waals surface area contributed by atoms with Gasteiger partial charge in [-0.15, -0.1) is 0 Å². The van der Waals surface area contributed by atoms with Crippen molar-refractivity contribution in [3.8, 4) is 0 Å². The minimum Gasteiger partial charge on any atom is -0.331 e. The summed E-state index contributed by atoms with van der Waals surface area (Å²) in [6.45, 7) is 0.681. The second-order valence-electron chi connectivity index (χ2n) is 4.45. The second-order valence-corrected chi connectivity index (χ2v) is 5.65. The van der Waals surface area contributed by atoms with Gasteiger partial charge < -0.3 is 9.55 Å². The van der Waals surface area contributed by atoms with Gasteiger partial charge in [0, 0.05) is 20.0 Å². The number of hydrogen-bond acceptors (Lipinski definition) is 3. The maximum Gasteiger partial charge on any atom is 0.178 e. The van der Waals surface area contributed by atoms with E-state index in [-0.39, 0.29) is 0 Å². The minimum atomic E-state index is 0.508. The molecule has 20 heavy (non-hydrogen) atoms. The Bertz CT molecular complexity index is 832. The summed E-state index contributed by atoms with van der Waals surface area (Å²) in [4.78, 5) is 7.33. The molecule has 0 radical (unpaired) electrons. The molecule has 1 aromatic carbocycles. The highest BCUT2D eigenvalue weighted by molar-refractivity contribution is 7.71. The van der Waals surface area contributed by atoms with Crippen molar-refractivity contribution in [2.75, 3.05) is 0 Å². The first-order valence-corrected chi connectivity index (χ1v) is 7.13. The first-order chi connectivity index (χ1) is 9.54. The van der Waals surface area contributed by atoms with E-state index in [4.69, 9.17) is 35.4 Å². The fraction of sp³-hybridized carbons (Fsp3) is 0.250. The summed E-state index contributed by atoms with van der Waals surface area (Å²) in [6, 6.07) is 3.60. The summed E-state index contributed by atoms with van der Waals surface area (Å²) in [7, 11) is 1.84. The number of aromatic amines is 1. The highest BCUT2D eigenvalue weighted by Gasteiger charge is 2.09. The number of fused-ring (bicyclic) bond motifs is 1. The number of rotatable bonds is 3. The van der Waals surface area contributed by atoms with E-state index in [1.54, 1.807) is 17.1 Å². The van der Waals surface area contributed by atoms with Crippen LogP contribution in [0.1, 0.15) is 5.82 Å². The third-order valence-corrected chi connectivity index (χ3v) is 4.07. The summed E-state index contributed by atoms with van der Waals surface area (Å²) in [6.07, 6.45) is 2.38. The van der Waals surface area contributed by atoms with Crippen LogP contribution in [0.4, 0.5) is 0 Å². The lowest BCUT2D eigenvalue weighted by molar-refractivity contribution is 0.666. The third kappa shape index (κ3) is 2.46. The molecular formula is C12H11Cl2N5S. The van der Waals surface area contributed by atoms with E-state index >= 15 is 0 Å². The average Bonchev–Trinajstić information content (AvgIpc) is 2.92. The Kier molecular flexibility index (Phi) is 3.54. The molecule has 3 rings (SSSR count). The van der Waals surface area contributed by atoms with Gasteiger partial charge in [0.15, 0.2) is 10.6 Å². The van der Waals surface area contributed by atoms with Crippen LogP contribution >= 0.6 is 35.4 Å². The van der Waals surface area contributed by atoms with Crippen LogP contribution in [0.2, 0.25) is 10.0 Å². The molecule has 104 valence electrons. The number of aromatic nitrogens is 5. The Labute approximate surface area is 130 Å². The van der Waals surface area contributed by atoms with E-state index in [2.05, 4.69) is 15.1 Å². The molecule has 0 aliphatic rings. The molecule has 0 saturated heterocycles. The van der Waals surface area contributed by atoms with Crippen LogP contribution in [0.3, 0.4) is 0 Å². The summed E-state index contributed by atoms with van der Waals surface area (Å²) >= 11 is 17.4. The molecule has 0 aliphatic heterocycles. The predicted molar refractivity (Wildman–Crippen MR) is 81.8 cm³/mol. The Morgan fingerprint density at radius 1 is 1.30 bits per heavy atom. The van der Waals surface area contributed by atoms with E-state index in [0.717, 1.165) is 16.9 Å². The first kappa shape index (κ1) is 13.6. The molecule has 8 heteroatoms. The molecule has 2 heterocycles. The molecule has 0 aliphatic carbocycles. The van der Waals surface area contributed by atoms with Crippen molar-refractivity contribution >= 4 is 46.5 Å². The highest BCUT2D eigenvalue weighted by Crippen LogP contribution is 2.27. The molecule has 0 atom stereocenters. The zero-order chi connectivity index (χ0) is 14.3. The summed E-state index contributed by atoms with van der Waals surface area (Å²) in [5, 5.41) is 5.27. The Hall–Kier alpha value is -1.37. The van der Waals surface area contributed by atoms with Gasteiger partial charge in [-0.05, 0) is 24.4 Å². The summed E-state index contributed by atoms with van der Waals surface area (Å²) < 4.78 is 4.29. The van der Waals surface area contributed by atoms with E-state index in [1.165, 1.54) is 0 Å². The van der Waals surface area contributed by atoms with Crippen molar-refractivity contribution in [2.45, 2.75) is 13.0 Å². The van der Waals surface area contributed by atoms with Gasteiger partial charge in [0.05, 0.1) is 21.1 Å². The van der Waals surface area contributed by atoms with Crippen LogP contribution in [-0.4, -0.2) is 24.3 Å².